The van der Waals surface area contributed by atoms with E-state index in [4.69, 9.17) is 21.3 Å². The maximum absolute atomic E-state index is 13.7. The molecule has 0 radical (unpaired) electrons. The molecule has 1 atom stereocenters. The van der Waals surface area contributed by atoms with Crippen molar-refractivity contribution in [1.29, 1.82) is 0 Å². The summed E-state index contributed by atoms with van der Waals surface area (Å²) in [5, 5.41) is 5.63. The highest BCUT2D eigenvalue weighted by Gasteiger charge is 2.40. The Kier molecular flexibility index (Phi) is 10.3. The Balaban J connectivity index is 0.984. The van der Waals surface area contributed by atoms with Crippen LogP contribution >= 0.6 is 11.6 Å². The summed E-state index contributed by atoms with van der Waals surface area (Å²) in [5.41, 5.74) is 3.93. The molecule has 16 heteroatoms. The summed E-state index contributed by atoms with van der Waals surface area (Å²) in [6.45, 7) is 4.78. The van der Waals surface area contributed by atoms with Gasteiger partial charge in [0.25, 0.3) is 23.3 Å². The van der Waals surface area contributed by atoms with Gasteiger partial charge in [-0.1, -0.05) is 30.2 Å². The number of aromatic nitrogens is 4. The molecule has 0 saturated carbocycles. The third kappa shape index (κ3) is 6.99. The zero-order valence-corrected chi connectivity index (χ0v) is 31.7. The monoisotopic (exact) mass is 768 g/mol. The lowest BCUT2D eigenvalue weighted by Gasteiger charge is -2.29. The molecule has 3 aliphatic heterocycles. The number of amides is 5. The molecule has 3 aliphatic rings. The molecule has 1 fully saturated rings. The van der Waals surface area contributed by atoms with Gasteiger partial charge in [-0.05, 0) is 68.9 Å². The van der Waals surface area contributed by atoms with Crippen LogP contribution in [-0.2, 0) is 36.1 Å². The van der Waals surface area contributed by atoms with Crippen molar-refractivity contribution in [2.24, 2.45) is 7.05 Å². The van der Waals surface area contributed by atoms with Crippen LogP contribution in [-0.4, -0.2) is 73.2 Å². The molecule has 3 aromatic heterocycles. The van der Waals surface area contributed by atoms with E-state index in [2.05, 4.69) is 15.6 Å². The van der Waals surface area contributed by atoms with Gasteiger partial charge in [0.15, 0.2) is 5.69 Å². The molecule has 5 amide bonds. The Morgan fingerprint density at radius 3 is 2.60 bits per heavy atom. The molecule has 7 rings (SSSR count). The average molecular weight is 769 g/mol. The number of carbonyl (C=O) groups excluding carboxylic acids is 5. The molecule has 286 valence electrons. The molecule has 2 N–H and O–H groups in total. The van der Waals surface area contributed by atoms with E-state index < -0.39 is 17.9 Å². The summed E-state index contributed by atoms with van der Waals surface area (Å²) in [7, 11) is 3.04. The van der Waals surface area contributed by atoms with Crippen LogP contribution in [0, 0.1) is 0 Å². The van der Waals surface area contributed by atoms with Crippen LogP contribution in [0.2, 0.25) is 5.02 Å². The van der Waals surface area contributed by atoms with Gasteiger partial charge in [-0.25, -0.2) is 9.97 Å². The van der Waals surface area contributed by atoms with Crippen molar-refractivity contribution >= 4 is 46.8 Å². The third-order valence-corrected chi connectivity index (χ3v) is 10.5. The number of carbonyl (C=O) groups is 5. The normalized spacial score (nSPS) is 16.5. The van der Waals surface area contributed by atoms with Crippen LogP contribution in [0.25, 0.3) is 11.4 Å². The summed E-state index contributed by atoms with van der Waals surface area (Å²) in [6, 6.07) is 7.97. The van der Waals surface area contributed by atoms with Crippen molar-refractivity contribution < 1.29 is 28.7 Å². The number of fused-ring (bicyclic) bond motifs is 2. The number of hydrogen-bond acceptors (Lipinski definition) is 9. The van der Waals surface area contributed by atoms with Crippen molar-refractivity contribution in [1.82, 2.24) is 34.6 Å². The molecule has 15 nitrogen and oxygen atoms in total. The molecule has 0 spiro atoms. The maximum Gasteiger partial charge on any atom is 0.279 e. The van der Waals surface area contributed by atoms with E-state index in [9.17, 15) is 28.8 Å². The van der Waals surface area contributed by atoms with Crippen molar-refractivity contribution in [2.45, 2.75) is 77.5 Å². The number of ether oxygens (including phenoxy) is 1. The fraction of sp³-hybridized carbons (Fsp3) is 0.385. The van der Waals surface area contributed by atoms with Crippen LogP contribution in [0.15, 0.2) is 47.5 Å². The Morgan fingerprint density at radius 1 is 1.05 bits per heavy atom. The first-order chi connectivity index (χ1) is 26.4. The number of nitrogens with zero attached hydrogens (tertiary/aromatic N) is 6. The molecule has 4 aromatic rings. The van der Waals surface area contributed by atoms with Gasteiger partial charge in [-0.15, -0.1) is 0 Å². The number of pyridine rings is 2. The van der Waals surface area contributed by atoms with Gasteiger partial charge in [-0.2, -0.15) is 0 Å². The molecular weight excluding hydrogens is 728 g/mol. The van der Waals surface area contributed by atoms with E-state index in [-0.39, 0.29) is 59.5 Å². The van der Waals surface area contributed by atoms with Gasteiger partial charge in [0.05, 0.1) is 35.5 Å². The number of nitrogens with one attached hydrogen (secondary N) is 2. The fourth-order valence-electron chi connectivity index (χ4n) is 7.63. The summed E-state index contributed by atoms with van der Waals surface area (Å²) in [4.78, 5) is 89.2. The van der Waals surface area contributed by atoms with E-state index in [0.29, 0.717) is 52.7 Å². The summed E-state index contributed by atoms with van der Waals surface area (Å²) in [5.74, 6) is -1.03. The number of hydrogen-bond donors (Lipinski definition) is 2. The molecular formula is C39H41ClN8O7. The lowest BCUT2D eigenvalue weighted by atomic mass is 9.98. The lowest BCUT2D eigenvalue weighted by Crippen LogP contribution is -2.52. The average Bonchev–Trinajstić information content (AvgIpc) is 3.81. The highest BCUT2D eigenvalue weighted by atomic mass is 35.5. The zero-order chi connectivity index (χ0) is 39.1. The van der Waals surface area contributed by atoms with Crippen molar-refractivity contribution in [2.75, 3.05) is 18.6 Å². The number of piperidine rings is 1. The van der Waals surface area contributed by atoms with E-state index >= 15 is 0 Å². The van der Waals surface area contributed by atoms with E-state index in [1.54, 1.807) is 24.1 Å². The van der Waals surface area contributed by atoms with Crippen molar-refractivity contribution in [3.8, 4) is 17.3 Å². The number of halogens is 1. The Bertz CT molecular complexity index is 2320. The lowest BCUT2D eigenvalue weighted by molar-refractivity contribution is -0.136. The number of rotatable bonds is 12. The van der Waals surface area contributed by atoms with Crippen molar-refractivity contribution in [3.63, 3.8) is 0 Å². The first kappa shape index (κ1) is 37.5. The van der Waals surface area contributed by atoms with Gasteiger partial charge in [0.1, 0.15) is 17.6 Å². The summed E-state index contributed by atoms with van der Waals surface area (Å²) >= 11 is 6.22. The number of unbranched alkanes of at least 4 members (excludes halogenated alkanes) is 2. The van der Waals surface area contributed by atoms with Gasteiger partial charge < -0.3 is 24.1 Å². The summed E-state index contributed by atoms with van der Waals surface area (Å²) in [6.07, 6.45) is 6.56. The number of aryl methyl sites for hydroxylation is 2. The molecule has 1 saturated heterocycles. The molecule has 55 heavy (non-hydrogen) atoms. The molecule has 1 unspecified atom stereocenters. The first-order valence-corrected chi connectivity index (χ1v) is 18.6. The number of imide groups is 1. The first-order valence-electron chi connectivity index (χ1n) is 18.2. The number of anilines is 1. The number of benzene rings is 1. The Labute approximate surface area is 321 Å². The maximum atomic E-state index is 13.7. The van der Waals surface area contributed by atoms with E-state index in [1.165, 1.54) is 35.0 Å². The van der Waals surface area contributed by atoms with Crippen LogP contribution in [0.5, 0.6) is 5.88 Å². The topological polar surface area (TPSA) is 178 Å². The highest BCUT2D eigenvalue weighted by Crippen LogP contribution is 2.37. The van der Waals surface area contributed by atoms with Crippen LogP contribution in [0.1, 0.15) is 100 Å². The molecule has 1 aromatic carbocycles. The van der Waals surface area contributed by atoms with Gasteiger partial charge >= 0.3 is 0 Å². The summed E-state index contributed by atoms with van der Waals surface area (Å²) < 4.78 is 8.80. The van der Waals surface area contributed by atoms with E-state index in [0.717, 1.165) is 36.8 Å². The SMILES string of the molecule is COc1ncc(C(=O)NCCCCCc2cccc3c2CN(C2CCC(=O)NC2=O)C3=O)cc1-c1nc2c(n1C(C)C)CN(c1cc(Cl)cn(C)c1=O)C2=O. The van der Waals surface area contributed by atoms with Crippen molar-refractivity contribution in [3.05, 3.63) is 91.7 Å². The largest absolute Gasteiger partial charge is 0.480 e. The van der Waals surface area contributed by atoms with Crippen LogP contribution in [0.4, 0.5) is 5.69 Å². The quantitative estimate of drug-likeness (QED) is 0.160. The second-order valence-electron chi connectivity index (χ2n) is 14.2. The number of methoxy groups -OCH3 is 1. The van der Waals surface area contributed by atoms with Crippen LogP contribution in [0.3, 0.4) is 0 Å². The predicted octanol–water partition coefficient (Wildman–Crippen LogP) is 3.95. The minimum Gasteiger partial charge on any atom is -0.480 e. The second kappa shape index (κ2) is 15.1. The van der Waals surface area contributed by atoms with Crippen LogP contribution < -0.4 is 25.8 Å². The second-order valence-corrected chi connectivity index (χ2v) is 14.7. The molecule has 6 heterocycles. The molecule has 0 bridgehead atoms. The van der Waals surface area contributed by atoms with Gasteiger partial charge in [0.2, 0.25) is 17.7 Å². The zero-order valence-electron chi connectivity index (χ0n) is 31.0. The Hall–Kier alpha value is -5.83. The minimum atomic E-state index is -0.655. The number of imidazole rings is 1. The smallest absolute Gasteiger partial charge is 0.279 e. The van der Waals surface area contributed by atoms with Gasteiger partial charge in [-0.3, -0.25) is 39.0 Å². The standard InChI is InChI=1S/C39H41ClN8O7/c1-21(2)48-30-20-47(29-16-24(40)18-45(3)38(29)53)39(54)32(30)44-33(48)26-15-23(17-42-36(26)55-4)34(50)41-14-7-5-6-9-22-10-8-11-25-27(22)19-46(37(25)52)28-12-13-31(49)43-35(28)51/h8,10-11,15-18,21,28H,5-7,9,12-14,19-20H2,1-4H3,(H,41,50)(H,43,49,51). The van der Waals surface area contributed by atoms with E-state index in [1.807, 2.05) is 30.5 Å². The predicted molar refractivity (Wildman–Crippen MR) is 202 cm³/mol. The fourth-order valence-corrected chi connectivity index (χ4v) is 7.88. The minimum absolute atomic E-state index is 0.108. The third-order valence-electron chi connectivity index (χ3n) is 10.3. The molecule has 0 aliphatic carbocycles. The highest BCUT2D eigenvalue weighted by molar-refractivity contribution is 6.30. The Morgan fingerprint density at radius 2 is 1.85 bits per heavy atom. The van der Waals surface area contributed by atoms with Gasteiger partial charge in [0, 0.05) is 50.6 Å².